The van der Waals surface area contributed by atoms with Gasteiger partial charge in [0.1, 0.15) is 0 Å². The normalized spacial score (nSPS) is 21.7. The predicted molar refractivity (Wildman–Crippen MR) is 70.7 cm³/mol. The van der Waals surface area contributed by atoms with E-state index in [0.29, 0.717) is 11.9 Å². The van der Waals surface area contributed by atoms with E-state index in [1.54, 1.807) is 0 Å². The fourth-order valence-corrected chi connectivity index (χ4v) is 3.48. The molecule has 1 amide bonds. The zero-order chi connectivity index (χ0) is 11.3. The Balaban J connectivity index is 2.53. The number of carbonyl (C=O) groups is 1. The summed E-state index contributed by atoms with van der Waals surface area (Å²) in [7, 11) is 0. The summed E-state index contributed by atoms with van der Waals surface area (Å²) < 4.78 is 0. The van der Waals surface area contributed by atoms with E-state index < -0.39 is 0 Å². The fourth-order valence-electron chi connectivity index (χ4n) is 1.83. The lowest BCUT2D eigenvalue weighted by molar-refractivity contribution is -0.132. The van der Waals surface area contributed by atoms with Gasteiger partial charge in [-0.05, 0) is 32.4 Å². The smallest absolute Gasteiger partial charge is 0.235 e. The molecular weight excluding hydrogens is 274 g/mol. The highest BCUT2D eigenvalue weighted by molar-refractivity contribution is 9.09. The second-order valence-corrected chi connectivity index (χ2v) is 6.27. The molecule has 2 nitrogen and oxygen atoms in total. The number of nitrogens with zero attached hydrogens (tertiary/aromatic N) is 1. The first-order valence-electron chi connectivity index (χ1n) is 5.65. The number of halogens is 1. The van der Waals surface area contributed by atoms with Crippen molar-refractivity contribution in [1.82, 2.24) is 4.90 Å². The van der Waals surface area contributed by atoms with Crippen LogP contribution in [0, 0.1) is 0 Å². The van der Waals surface area contributed by atoms with Crippen molar-refractivity contribution in [3.63, 3.8) is 0 Å². The van der Waals surface area contributed by atoms with Crippen molar-refractivity contribution in [2.75, 3.05) is 17.6 Å². The van der Waals surface area contributed by atoms with Crippen LogP contribution in [0.15, 0.2) is 0 Å². The maximum absolute atomic E-state index is 12.2. The van der Waals surface area contributed by atoms with Gasteiger partial charge in [0.2, 0.25) is 5.91 Å². The lowest BCUT2D eigenvalue weighted by Crippen LogP contribution is -2.43. The Hall–Kier alpha value is 0.300. The van der Waals surface area contributed by atoms with E-state index in [1.165, 1.54) is 12.8 Å². The van der Waals surface area contributed by atoms with Gasteiger partial charge in [0.25, 0.3) is 0 Å². The maximum atomic E-state index is 12.2. The number of hydrogen-bond donors (Lipinski definition) is 0. The zero-order valence-electron chi connectivity index (χ0n) is 9.54. The van der Waals surface area contributed by atoms with E-state index in [4.69, 9.17) is 0 Å². The molecule has 0 aromatic rings. The summed E-state index contributed by atoms with van der Waals surface area (Å²) in [6.07, 6.45) is 3.55. The summed E-state index contributed by atoms with van der Waals surface area (Å²) in [5.41, 5.74) is 0. The fraction of sp³-hybridized carbons (Fsp3) is 0.909. The van der Waals surface area contributed by atoms with Crippen LogP contribution in [0.5, 0.6) is 0 Å². The monoisotopic (exact) mass is 293 g/mol. The number of amides is 1. The SMILES string of the molecule is CC(C)N(CCBr)C(=O)C1CCCCS1. The molecule has 1 aliphatic rings. The molecule has 1 aliphatic heterocycles. The van der Waals surface area contributed by atoms with Crippen molar-refractivity contribution in [3.05, 3.63) is 0 Å². The van der Waals surface area contributed by atoms with Crippen LogP contribution in [0.3, 0.4) is 0 Å². The second kappa shape index (κ2) is 6.79. The molecule has 15 heavy (non-hydrogen) atoms. The van der Waals surface area contributed by atoms with Gasteiger partial charge >= 0.3 is 0 Å². The number of alkyl halides is 1. The first-order chi connectivity index (χ1) is 7.16. The number of hydrogen-bond acceptors (Lipinski definition) is 2. The van der Waals surface area contributed by atoms with Gasteiger partial charge in [0, 0.05) is 17.9 Å². The molecule has 0 spiro atoms. The van der Waals surface area contributed by atoms with Crippen LogP contribution in [-0.4, -0.2) is 39.7 Å². The Morgan fingerprint density at radius 3 is 2.73 bits per heavy atom. The third-order valence-corrected chi connectivity index (χ3v) is 4.41. The van der Waals surface area contributed by atoms with E-state index >= 15 is 0 Å². The maximum Gasteiger partial charge on any atom is 0.235 e. The molecule has 1 saturated heterocycles. The van der Waals surface area contributed by atoms with Gasteiger partial charge in [0.15, 0.2) is 0 Å². The topological polar surface area (TPSA) is 20.3 Å². The van der Waals surface area contributed by atoms with Crippen LogP contribution in [-0.2, 0) is 4.79 Å². The Labute approximate surface area is 105 Å². The van der Waals surface area contributed by atoms with E-state index in [9.17, 15) is 4.79 Å². The van der Waals surface area contributed by atoms with Crippen LogP contribution in [0.25, 0.3) is 0 Å². The van der Waals surface area contributed by atoms with Gasteiger partial charge in [0.05, 0.1) is 5.25 Å². The van der Waals surface area contributed by atoms with Crippen molar-refractivity contribution in [2.24, 2.45) is 0 Å². The lowest BCUT2D eigenvalue weighted by Gasteiger charge is -2.31. The second-order valence-electron chi connectivity index (χ2n) is 4.17. The lowest BCUT2D eigenvalue weighted by atomic mass is 10.1. The summed E-state index contributed by atoms with van der Waals surface area (Å²) in [6.45, 7) is 5.01. The highest BCUT2D eigenvalue weighted by Gasteiger charge is 2.27. The zero-order valence-corrected chi connectivity index (χ0v) is 11.9. The molecule has 0 aromatic carbocycles. The summed E-state index contributed by atoms with van der Waals surface area (Å²) in [5, 5.41) is 1.09. The quantitative estimate of drug-likeness (QED) is 0.743. The molecule has 0 radical (unpaired) electrons. The molecule has 0 saturated carbocycles. The molecular formula is C11H20BrNOS. The molecule has 4 heteroatoms. The molecule has 88 valence electrons. The van der Waals surface area contributed by atoms with Crippen LogP contribution in [0.2, 0.25) is 0 Å². The first kappa shape index (κ1) is 13.4. The van der Waals surface area contributed by atoms with Crippen molar-refractivity contribution in [1.29, 1.82) is 0 Å². The molecule has 1 fully saturated rings. The van der Waals surface area contributed by atoms with Crippen molar-refractivity contribution >= 4 is 33.6 Å². The van der Waals surface area contributed by atoms with Crippen LogP contribution >= 0.6 is 27.7 Å². The highest BCUT2D eigenvalue weighted by atomic mass is 79.9. The van der Waals surface area contributed by atoms with E-state index in [0.717, 1.165) is 24.0 Å². The van der Waals surface area contributed by atoms with Gasteiger partial charge in [-0.3, -0.25) is 4.79 Å². The van der Waals surface area contributed by atoms with E-state index in [2.05, 4.69) is 29.8 Å². The summed E-state index contributed by atoms with van der Waals surface area (Å²) >= 11 is 5.25. The van der Waals surface area contributed by atoms with Crippen molar-refractivity contribution < 1.29 is 4.79 Å². The average Bonchev–Trinajstić information content (AvgIpc) is 2.26. The Morgan fingerprint density at radius 1 is 1.53 bits per heavy atom. The van der Waals surface area contributed by atoms with Crippen molar-refractivity contribution in [2.45, 2.75) is 44.4 Å². The third-order valence-electron chi connectivity index (χ3n) is 2.69. The molecule has 1 atom stereocenters. The van der Waals surface area contributed by atoms with Gasteiger partial charge in [-0.2, -0.15) is 0 Å². The van der Waals surface area contributed by atoms with E-state index in [-0.39, 0.29) is 5.25 Å². The molecule has 1 heterocycles. The third kappa shape index (κ3) is 3.99. The molecule has 0 N–H and O–H groups in total. The Kier molecular flexibility index (Phi) is 6.05. The molecule has 1 unspecified atom stereocenters. The summed E-state index contributed by atoms with van der Waals surface area (Å²) in [5.74, 6) is 1.49. The molecule has 0 aliphatic carbocycles. The highest BCUT2D eigenvalue weighted by Crippen LogP contribution is 2.27. The Bertz CT molecular complexity index is 205. The predicted octanol–water partition coefficient (Wildman–Crippen LogP) is 2.90. The molecule has 1 rings (SSSR count). The van der Waals surface area contributed by atoms with Gasteiger partial charge in [-0.15, -0.1) is 11.8 Å². The van der Waals surface area contributed by atoms with Gasteiger partial charge in [-0.25, -0.2) is 0 Å². The number of carbonyl (C=O) groups excluding carboxylic acids is 1. The average molecular weight is 294 g/mol. The molecule has 0 bridgehead atoms. The van der Waals surface area contributed by atoms with Crippen LogP contribution in [0.4, 0.5) is 0 Å². The van der Waals surface area contributed by atoms with Gasteiger partial charge in [-0.1, -0.05) is 22.4 Å². The minimum atomic E-state index is 0.222. The van der Waals surface area contributed by atoms with Crippen molar-refractivity contribution in [3.8, 4) is 0 Å². The first-order valence-corrected chi connectivity index (χ1v) is 7.82. The summed E-state index contributed by atoms with van der Waals surface area (Å²) in [4.78, 5) is 14.2. The van der Waals surface area contributed by atoms with Gasteiger partial charge < -0.3 is 4.90 Å². The number of rotatable bonds is 4. The van der Waals surface area contributed by atoms with Crippen LogP contribution < -0.4 is 0 Å². The standard InChI is InChI=1S/C11H20BrNOS/c1-9(2)13(7-6-12)11(14)10-5-3-4-8-15-10/h9-10H,3-8H2,1-2H3. The van der Waals surface area contributed by atoms with E-state index in [1.807, 2.05) is 16.7 Å². The largest absolute Gasteiger partial charge is 0.338 e. The summed E-state index contributed by atoms with van der Waals surface area (Å²) in [6, 6.07) is 0.317. The van der Waals surface area contributed by atoms with Crippen LogP contribution in [0.1, 0.15) is 33.1 Å². The minimum absolute atomic E-state index is 0.222. The number of thioether (sulfide) groups is 1. The molecule has 0 aromatic heterocycles. The minimum Gasteiger partial charge on any atom is -0.338 e. The Morgan fingerprint density at radius 2 is 2.27 bits per heavy atom.